The summed E-state index contributed by atoms with van der Waals surface area (Å²) in [5, 5.41) is 10.3. The van der Waals surface area contributed by atoms with Gasteiger partial charge in [0, 0.05) is 5.56 Å². The van der Waals surface area contributed by atoms with Crippen LogP contribution in [0, 0.1) is 6.92 Å². The predicted octanol–water partition coefficient (Wildman–Crippen LogP) is 1.32. The van der Waals surface area contributed by atoms with Crippen LogP contribution in [0.25, 0.3) is 0 Å². The lowest BCUT2D eigenvalue weighted by Gasteiger charge is -2.05. The number of hydrogen-bond acceptors (Lipinski definition) is 6. The number of rotatable bonds is 4. The maximum absolute atomic E-state index is 11.1. The molecule has 0 saturated heterocycles. The zero-order valence-electron chi connectivity index (χ0n) is 11.5. The molecule has 2 aromatic rings. The van der Waals surface area contributed by atoms with Gasteiger partial charge in [-0.3, -0.25) is 5.43 Å². The fourth-order valence-corrected chi connectivity index (χ4v) is 1.55. The number of hydrazone groups is 1. The Bertz CT molecular complexity index is 693. The highest BCUT2D eigenvalue weighted by atomic mass is 16.5. The van der Waals surface area contributed by atoms with Crippen molar-refractivity contribution < 1.29 is 4.74 Å². The molecule has 0 aliphatic rings. The molecule has 0 unspecified atom stereocenters. The van der Waals surface area contributed by atoms with E-state index in [2.05, 4.69) is 25.7 Å². The second kappa shape index (κ2) is 5.96. The van der Waals surface area contributed by atoms with Gasteiger partial charge in [0.25, 0.3) is 0 Å². The molecule has 1 heterocycles. The van der Waals surface area contributed by atoms with E-state index in [0.29, 0.717) is 11.5 Å². The molecule has 1 aromatic heterocycles. The van der Waals surface area contributed by atoms with Crippen LogP contribution >= 0.6 is 0 Å². The Balaban J connectivity index is 2.22. The quantitative estimate of drug-likeness (QED) is 0.647. The number of aromatic nitrogens is 3. The van der Waals surface area contributed by atoms with Crippen LogP contribution in [-0.4, -0.2) is 28.0 Å². The van der Waals surface area contributed by atoms with Gasteiger partial charge in [0.2, 0.25) is 0 Å². The number of hydrogen-bond donors (Lipinski definition) is 2. The van der Waals surface area contributed by atoms with Crippen molar-refractivity contribution in [2.24, 2.45) is 5.10 Å². The lowest BCUT2D eigenvalue weighted by Crippen LogP contribution is -2.16. The molecule has 20 heavy (non-hydrogen) atoms. The van der Waals surface area contributed by atoms with Crippen LogP contribution in [0.2, 0.25) is 0 Å². The molecule has 0 radical (unpaired) electrons. The first kappa shape index (κ1) is 13.7. The molecule has 7 nitrogen and oxygen atoms in total. The van der Waals surface area contributed by atoms with Crippen LogP contribution in [0.15, 0.2) is 34.2 Å². The van der Waals surface area contributed by atoms with Gasteiger partial charge in [-0.05, 0) is 26.0 Å². The Kier molecular flexibility index (Phi) is 4.09. The molecule has 0 bridgehead atoms. The zero-order valence-corrected chi connectivity index (χ0v) is 11.5. The third-order valence-electron chi connectivity index (χ3n) is 2.69. The molecule has 0 spiro atoms. The number of nitrogens with one attached hydrogen (secondary N) is 2. The van der Waals surface area contributed by atoms with E-state index in [0.717, 1.165) is 17.0 Å². The van der Waals surface area contributed by atoms with E-state index in [-0.39, 0.29) is 0 Å². The first-order valence-corrected chi connectivity index (χ1v) is 5.98. The first-order chi connectivity index (χ1) is 9.60. The van der Waals surface area contributed by atoms with E-state index in [1.54, 1.807) is 14.0 Å². The molecule has 0 saturated carbocycles. The number of aromatic amines is 1. The summed E-state index contributed by atoms with van der Waals surface area (Å²) in [5.74, 6) is 1.08. The molecular weight excluding hydrogens is 258 g/mol. The van der Waals surface area contributed by atoms with Crippen molar-refractivity contribution in [3.8, 4) is 5.75 Å². The van der Waals surface area contributed by atoms with E-state index in [4.69, 9.17) is 4.74 Å². The smallest absolute Gasteiger partial charge is 0.363 e. The zero-order chi connectivity index (χ0) is 14.5. The summed E-state index contributed by atoms with van der Waals surface area (Å²) in [6, 6.07) is 7.53. The molecule has 0 atom stereocenters. The number of benzene rings is 1. The molecule has 0 fully saturated rings. The predicted molar refractivity (Wildman–Crippen MR) is 76.2 cm³/mol. The summed E-state index contributed by atoms with van der Waals surface area (Å²) in [6.07, 6.45) is 0. The lowest BCUT2D eigenvalue weighted by atomic mass is 10.1. The molecule has 0 aliphatic carbocycles. The minimum absolute atomic E-state index is 0.330. The van der Waals surface area contributed by atoms with Gasteiger partial charge in [-0.1, -0.05) is 12.1 Å². The Morgan fingerprint density at radius 3 is 3.00 bits per heavy atom. The van der Waals surface area contributed by atoms with Gasteiger partial charge in [0.05, 0.1) is 12.8 Å². The maximum atomic E-state index is 11.1. The summed E-state index contributed by atoms with van der Waals surface area (Å²) < 4.78 is 5.16. The number of ether oxygens (including phenoxy) is 1. The molecule has 0 aliphatic heterocycles. The van der Waals surface area contributed by atoms with Crippen LogP contribution in [0.1, 0.15) is 18.2 Å². The third-order valence-corrected chi connectivity index (χ3v) is 2.69. The Morgan fingerprint density at radius 1 is 1.45 bits per heavy atom. The standard InChI is InChI=1S/C13H15N5O2/c1-8(10-5-4-6-11(7-10)20-3)15-17-12-9(2)16-18-13(19)14-12/h4-7H,1-3H3,(H2,14,17,18,19)/b15-8+. The second-order valence-corrected chi connectivity index (χ2v) is 4.12. The van der Waals surface area contributed by atoms with Gasteiger partial charge in [-0.25, -0.2) is 9.89 Å². The highest BCUT2D eigenvalue weighted by molar-refractivity contribution is 5.99. The largest absolute Gasteiger partial charge is 0.497 e. The lowest BCUT2D eigenvalue weighted by molar-refractivity contribution is 0.414. The van der Waals surface area contributed by atoms with Crippen LogP contribution in [-0.2, 0) is 0 Å². The number of methoxy groups -OCH3 is 1. The van der Waals surface area contributed by atoms with Gasteiger partial charge in [0.1, 0.15) is 11.4 Å². The van der Waals surface area contributed by atoms with Gasteiger partial charge in [0.15, 0.2) is 5.82 Å². The SMILES string of the molecule is COc1cccc(/C(C)=N/Nc2nc(=O)[nH]nc2C)c1. The number of anilines is 1. The molecule has 7 heteroatoms. The van der Waals surface area contributed by atoms with Crippen molar-refractivity contribution in [1.82, 2.24) is 15.2 Å². The van der Waals surface area contributed by atoms with Gasteiger partial charge in [-0.15, -0.1) is 0 Å². The minimum atomic E-state index is -0.521. The molecule has 0 amide bonds. The van der Waals surface area contributed by atoms with Crippen molar-refractivity contribution in [1.29, 1.82) is 0 Å². The van der Waals surface area contributed by atoms with Crippen molar-refractivity contribution in [3.05, 3.63) is 46.0 Å². The Labute approximate surface area is 115 Å². The summed E-state index contributed by atoms with van der Waals surface area (Å²) >= 11 is 0. The minimum Gasteiger partial charge on any atom is -0.497 e. The normalized spacial score (nSPS) is 11.2. The van der Waals surface area contributed by atoms with E-state index >= 15 is 0 Å². The molecule has 1 aromatic carbocycles. The highest BCUT2D eigenvalue weighted by Gasteiger charge is 2.03. The van der Waals surface area contributed by atoms with E-state index in [1.165, 1.54) is 0 Å². The van der Waals surface area contributed by atoms with Crippen LogP contribution in [0.3, 0.4) is 0 Å². The second-order valence-electron chi connectivity index (χ2n) is 4.12. The van der Waals surface area contributed by atoms with Gasteiger partial charge < -0.3 is 4.74 Å². The van der Waals surface area contributed by atoms with Crippen molar-refractivity contribution in [2.75, 3.05) is 12.5 Å². The monoisotopic (exact) mass is 273 g/mol. The van der Waals surface area contributed by atoms with Crippen molar-refractivity contribution in [3.63, 3.8) is 0 Å². The topological polar surface area (TPSA) is 92.3 Å². The van der Waals surface area contributed by atoms with Crippen molar-refractivity contribution >= 4 is 11.5 Å². The highest BCUT2D eigenvalue weighted by Crippen LogP contribution is 2.13. The van der Waals surface area contributed by atoms with Crippen molar-refractivity contribution in [2.45, 2.75) is 13.8 Å². The van der Waals surface area contributed by atoms with Gasteiger partial charge in [-0.2, -0.15) is 15.2 Å². The molecule has 104 valence electrons. The average Bonchev–Trinajstić information content (AvgIpc) is 2.48. The fraction of sp³-hybridized carbons (Fsp3) is 0.231. The van der Waals surface area contributed by atoms with E-state index < -0.39 is 5.69 Å². The summed E-state index contributed by atoms with van der Waals surface area (Å²) in [7, 11) is 1.61. The van der Waals surface area contributed by atoms with Gasteiger partial charge >= 0.3 is 5.69 Å². The fourth-order valence-electron chi connectivity index (χ4n) is 1.55. The first-order valence-electron chi connectivity index (χ1n) is 5.98. The van der Waals surface area contributed by atoms with E-state index in [1.807, 2.05) is 31.2 Å². The Morgan fingerprint density at radius 2 is 2.25 bits per heavy atom. The van der Waals surface area contributed by atoms with Crippen LogP contribution in [0.4, 0.5) is 5.82 Å². The number of aryl methyl sites for hydroxylation is 1. The Hall–Kier alpha value is -2.70. The number of nitrogens with zero attached hydrogens (tertiary/aromatic N) is 3. The van der Waals surface area contributed by atoms with Crippen LogP contribution in [0.5, 0.6) is 5.75 Å². The summed E-state index contributed by atoms with van der Waals surface area (Å²) in [6.45, 7) is 3.57. The summed E-state index contributed by atoms with van der Waals surface area (Å²) in [4.78, 5) is 14.9. The molecule has 2 N–H and O–H groups in total. The molecular formula is C13H15N5O2. The third kappa shape index (κ3) is 3.19. The number of H-pyrrole nitrogens is 1. The maximum Gasteiger partial charge on any atom is 0.363 e. The average molecular weight is 273 g/mol. The summed E-state index contributed by atoms with van der Waals surface area (Å²) in [5.41, 5.74) is 4.43. The van der Waals surface area contributed by atoms with Crippen LogP contribution < -0.4 is 15.9 Å². The molecule has 2 rings (SSSR count). The van der Waals surface area contributed by atoms with E-state index in [9.17, 15) is 4.79 Å².